The first-order valence-corrected chi connectivity index (χ1v) is 4.30. The average Bonchev–Trinajstić information content (AvgIpc) is 2.33. The van der Waals surface area contributed by atoms with E-state index >= 15 is 0 Å². The Morgan fingerprint density at radius 2 is 2.21 bits per heavy atom. The lowest BCUT2D eigenvalue weighted by atomic mass is 10.2. The molecule has 0 aromatic heterocycles. The maximum atomic E-state index is 11.3. The first kappa shape index (κ1) is 10.6. The van der Waals surface area contributed by atoms with Crippen LogP contribution in [-0.4, -0.2) is 41.8 Å². The van der Waals surface area contributed by atoms with Gasteiger partial charge in [-0.3, -0.25) is 19.3 Å². The van der Waals surface area contributed by atoms with Crippen LogP contribution < -0.4 is 11.1 Å². The molecule has 0 aliphatic carbocycles. The number of amides is 3. The number of nitrogens with one attached hydrogen (secondary N) is 1. The molecule has 6 heteroatoms. The second-order valence-electron chi connectivity index (χ2n) is 3.34. The molecule has 1 aliphatic rings. The van der Waals surface area contributed by atoms with Gasteiger partial charge >= 0.3 is 0 Å². The van der Waals surface area contributed by atoms with Crippen molar-refractivity contribution in [2.75, 3.05) is 7.05 Å². The second-order valence-corrected chi connectivity index (χ2v) is 3.34. The normalized spacial score (nSPS) is 23.9. The van der Waals surface area contributed by atoms with Gasteiger partial charge in [0, 0.05) is 7.05 Å². The van der Waals surface area contributed by atoms with Crippen LogP contribution in [0.5, 0.6) is 0 Å². The molecular formula is C8H13N3O3. The van der Waals surface area contributed by atoms with E-state index in [4.69, 9.17) is 5.73 Å². The van der Waals surface area contributed by atoms with Crippen molar-refractivity contribution in [3.63, 3.8) is 0 Å². The van der Waals surface area contributed by atoms with Gasteiger partial charge in [0.05, 0.1) is 12.5 Å². The number of likely N-dealkylation sites (tertiary alicyclic amines) is 1. The highest BCUT2D eigenvalue weighted by Crippen LogP contribution is 2.10. The van der Waals surface area contributed by atoms with Gasteiger partial charge in [0.15, 0.2) is 0 Å². The lowest BCUT2D eigenvalue weighted by molar-refractivity contribution is -0.138. The largest absolute Gasteiger partial charge is 0.342 e. The standard InChI is InChI=1S/C8H13N3O3/c1-4(9)7(13)10-5-3-6(12)11(2)8(5)14/h4-5H,3,9H2,1-2H3,(H,10,13)/t4-,5?/m1/s1. The third kappa shape index (κ3) is 1.90. The number of likely N-dealkylation sites (N-methyl/N-ethyl adjacent to an activating group) is 1. The zero-order valence-corrected chi connectivity index (χ0v) is 8.11. The summed E-state index contributed by atoms with van der Waals surface area (Å²) in [5, 5.41) is 2.41. The monoisotopic (exact) mass is 199 g/mol. The molecule has 14 heavy (non-hydrogen) atoms. The van der Waals surface area contributed by atoms with Crippen LogP contribution in [0.15, 0.2) is 0 Å². The van der Waals surface area contributed by atoms with Crippen molar-refractivity contribution in [3.05, 3.63) is 0 Å². The highest BCUT2D eigenvalue weighted by molar-refractivity contribution is 6.06. The van der Waals surface area contributed by atoms with Gasteiger partial charge < -0.3 is 11.1 Å². The van der Waals surface area contributed by atoms with Crippen molar-refractivity contribution in [2.45, 2.75) is 25.4 Å². The summed E-state index contributed by atoms with van der Waals surface area (Å²) < 4.78 is 0. The first-order valence-electron chi connectivity index (χ1n) is 4.30. The molecule has 0 aromatic carbocycles. The minimum Gasteiger partial charge on any atom is -0.342 e. The van der Waals surface area contributed by atoms with Crippen molar-refractivity contribution < 1.29 is 14.4 Å². The fourth-order valence-electron chi connectivity index (χ4n) is 1.17. The van der Waals surface area contributed by atoms with E-state index in [1.165, 1.54) is 14.0 Å². The van der Waals surface area contributed by atoms with Gasteiger partial charge in [0.1, 0.15) is 6.04 Å². The number of nitrogens with zero attached hydrogens (tertiary/aromatic N) is 1. The smallest absolute Gasteiger partial charge is 0.252 e. The Kier molecular flexibility index (Phi) is 2.85. The van der Waals surface area contributed by atoms with Crippen molar-refractivity contribution in [1.29, 1.82) is 0 Å². The van der Waals surface area contributed by atoms with Gasteiger partial charge in [-0.05, 0) is 6.92 Å². The summed E-state index contributed by atoms with van der Waals surface area (Å²) in [6, 6.07) is -1.42. The maximum Gasteiger partial charge on any atom is 0.252 e. The molecule has 0 radical (unpaired) electrons. The highest BCUT2D eigenvalue weighted by Gasteiger charge is 2.37. The van der Waals surface area contributed by atoms with Gasteiger partial charge in [-0.2, -0.15) is 0 Å². The van der Waals surface area contributed by atoms with Crippen molar-refractivity contribution in [1.82, 2.24) is 10.2 Å². The molecule has 0 bridgehead atoms. The van der Waals surface area contributed by atoms with Crippen LogP contribution >= 0.6 is 0 Å². The predicted molar refractivity (Wildman–Crippen MR) is 48.0 cm³/mol. The molecule has 1 saturated heterocycles. The number of hydrogen-bond donors (Lipinski definition) is 2. The molecule has 3 amide bonds. The Balaban J connectivity index is 2.60. The Hall–Kier alpha value is -1.43. The maximum absolute atomic E-state index is 11.3. The van der Waals surface area contributed by atoms with Crippen LogP contribution in [0.25, 0.3) is 0 Å². The van der Waals surface area contributed by atoms with Gasteiger partial charge in [-0.1, -0.05) is 0 Å². The molecule has 6 nitrogen and oxygen atoms in total. The average molecular weight is 199 g/mol. The molecule has 1 fully saturated rings. The third-order valence-corrected chi connectivity index (χ3v) is 2.11. The highest BCUT2D eigenvalue weighted by atomic mass is 16.2. The van der Waals surface area contributed by atoms with Crippen LogP contribution in [0.1, 0.15) is 13.3 Å². The Morgan fingerprint density at radius 1 is 1.64 bits per heavy atom. The van der Waals surface area contributed by atoms with E-state index in [1.54, 1.807) is 0 Å². The van der Waals surface area contributed by atoms with Gasteiger partial charge in [0.25, 0.3) is 5.91 Å². The van der Waals surface area contributed by atoms with Crippen LogP contribution in [0.4, 0.5) is 0 Å². The van der Waals surface area contributed by atoms with E-state index in [0.29, 0.717) is 0 Å². The van der Waals surface area contributed by atoms with Crippen molar-refractivity contribution in [3.8, 4) is 0 Å². The Morgan fingerprint density at radius 3 is 2.57 bits per heavy atom. The van der Waals surface area contributed by atoms with Crippen molar-refractivity contribution >= 4 is 17.7 Å². The molecule has 2 atom stereocenters. The number of rotatable bonds is 2. The summed E-state index contributed by atoms with van der Waals surface area (Å²) in [5.41, 5.74) is 5.31. The number of imide groups is 1. The molecule has 1 heterocycles. The minimum absolute atomic E-state index is 0.0216. The molecule has 1 rings (SSSR count). The van der Waals surface area contributed by atoms with E-state index < -0.39 is 18.0 Å². The topological polar surface area (TPSA) is 92.5 Å². The van der Waals surface area contributed by atoms with Gasteiger partial charge in [0.2, 0.25) is 11.8 Å². The van der Waals surface area contributed by atoms with Gasteiger partial charge in [-0.15, -0.1) is 0 Å². The SMILES string of the molecule is C[C@@H](N)C(=O)NC1CC(=O)N(C)C1=O. The molecule has 78 valence electrons. The summed E-state index contributed by atoms with van der Waals surface area (Å²) >= 11 is 0. The fourth-order valence-corrected chi connectivity index (χ4v) is 1.17. The number of carbonyl (C=O) groups excluding carboxylic acids is 3. The third-order valence-electron chi connectivity index (χ3n) is 2.11. The number of hydrogen-bond acceptors (Lipinski definition) is 4. The number of nitrogens with two attached hydrogens (primary N) is 1. The molecular weight excluding hydrogens is 186 g/mol. The Labute approximate surface area is 81.4 Å². The minimum atomic E-state index is -0.744. The first-order chi connectivity index (χ1) is 6.43. The van der Waals surface area contributed by atoms with E-state index in [9.17, 15) is 14.4 Å². The lowest BCUT2D eigenvalue weighted by Crippen LogP contribution is -2.46. The Bertz CT molecular complexity index is 288. The molecule has 0 aromatic rings. The summed E-state index contributed by atoms with van der Waals surface area (Å²) in [6.45, 7) is 1.51. The van der Waals surface area contributed by atoms with E-state index in [0.717, 1.165) is 4.90 Å². The fraction of sp³-hybridized carbons (Fsp3) is 0.625. The molecule has 1 aliphatic heterocycles. The lowest BCUT2D eigenvalue weighted by Gasteiger charge is -2.12. The van der Waals surface area contributed by atoms with E-state index in [-0.39, 0.29) is 18.2 Å². The molecule has 3 N–H and O–H groups in total. The van der Waals surface area contributed by atoms with Crippen LogP contribution in [0.3, 0.4) is 0 Å². The summed E-state index contributed by atoms with van der Waals surface area (Å²) in [4.78, 5) is 34.5. The summed E-state index contributed by atoms with van der Waals surface area (Å²) in [5.74, 6) is -1.10. The van der Waals surface area contributed by atoms with Crippen molar-refractivity contribution in [2.24, 2.45) is 5.73 Å². The molecule has 1 unspecified atom stereocenters. The predicted octanol–water partition coefficient (Wildman–Crippen LogP) is -1.79. The van der Waals surface area contributed by atoms with Crippen LogP contribution in [0.2, 0.25) is 0 Å². The second kappa shape index (κ2) is 3.75. The summed E-state index contributed by atoms with van der Waals surface area (Å²) in [7, 11) is 1.39. The molecule has 0 spiro atoms. The number of carbonyl (C=O) groups is 3. The van der Waals surface area contributed by atoms with E-state index in [2.05, 4.69) is 5.32 Å². The quantitative estimate of drug-likeness (QED) is 0.513. The molecule has 0 saturated carbocycles. The zero-order chi connectivity index (χ0) is 10.9. The van der Waals surface area contributed by atoms with E-state index in [1.807, 2.05) is 0 Å². The summed E-state index contributed by atoms with van der Waals surface area (Å²) in [6.07, 6.45) is 0.0216. The van der Waals surface area contributed by atoms with Crippen LogP contribution in [-0.2, 0) is 14.4 Å². The zero-order valence-electron chi connectivity index (χ0n) is 8.11. The van der Waals surface area contributed by atoms with Crippen LogP contribution in [0, 0.1) is 0 Å². The van der Waals surface area contributed by atoms with Gasteiger partial charge in [-0.25, -0.2) is 0 Å².